The molecule has 0 radical (unpaired) electrons. The van der Waals surface area contributed by atoms with E-state index in [9.17, 15) is 0 Å². The van der Waals surface area contributed by atoms with Crippen molar-refractivity contribution in [2.45, 2.75) is 32.1 Å². The molecular formula is C10H22N4S. The molecule has 1 saturated heterocycles. The molecular weight excluding hydrogens is 208 g/mol. The van der Waals surface area contributed by atoms with Gasteiger partial charge in [-0.2, -0.15) is 0 Å². The van der Waals surface area contributed by atoms with Crippen LogP contribution in [0, 0.1) is 0 Å². The normalized spacial score (nSPS) is 20.7. The van der Waals surface area contributed by atoms with E-state index in [0.717, 1.165) is 13.1 Å². The van der Waals surface area contributed by atoms with Gasteiger partial charge in [0.1, 0.15) is 0 Å². The molecule has 0 atom stereocenters. The van der Waals surface area contributed by atoms with Crippen molar-refractivity contribution in [2.24, 2.45) is 10.7 Å². The van der Waals surface area contributed by atoms with Gasteiger partial charge >= 0.3 is 0 Å². The number of guanidine groups is 1. The topological polar surface area (TPSA) is 53.6 Å². The SMILES string of the molecule is NC(=NCCN1CCCCCCC1)NS. The number of rotatable bonds is 3. The molecule has 0 spiro atoms. The van der Waals surface area contributed by atoms with Crippen LogP contribution in [0.15, 0.2) is 4.99 Å². The molecule has 1 aliphatic heterocycles. The third-order valence-corrected chi connectivity index (χ3v) is 2.99. The summed E-state index contributed by atoms with van der Waals surface area (Å²) in [6.45, 7) is 4.20. The minimum Gasteiger partial charge on any atom is -0.369 e. The quantitative estimate of drug-likeness (QED) is 0.385. The summed E-state index contributed by atoms with van der Waals surface area (Å²) in [6.07, 6.45) is 6.80. The molecule has 0 aromatic rings. The third kappa shape index (κ3) is 5.89. The molecule has 0 unspecified atom stereocenters. The molecule has 1 fully saturated rings. The fraction of sp³-hybridized carbons (Fsp3) is 0.900. The number of nitrogens with two attached hydrogens (primary N) is 1. The van der Waals surface area contributed by atoms with E-state index in [1.165, 1.54) is 45.2 Å². The van der Waals surface area contributed by atoms with Gasteiger partial charge in [-0.1, -0.05) is 32.1 Å². The Labute approximate surface area is 97.9 Å². The van der Waals surface area contributed by atoms with Crippen molar-refractivity contribution in [1.82, 2.24) is 9.62 Å². The molecule has 1 heterocycles. The van der Waals surface area contributed by atoms with Gasteiger partial charge in [-0.15, -0.1) is 0 Å². The minimum absolute atomic E-state index is 0.408. The van der Waals surface area contributed by atoms with Crippen LogP contribution in [0.5, 0.6) is 0 Å². The van der Waals surface area contributed by atoms with Crippen LogP contribution in [-0.2, 0) is 0 Å². The van der Waals surface area contributed by atoms with Gasteiger partial charge in [-0.3, -0.25) is 4.99 Å². The van der Waals surface area contributed by atoms with E-state index in [0.29, 0.717) is 5.96 Å². The van der Waals surface area contributed by atoms with E-state index in [-0.39, 0.29) is 0 Å². The first-order valence-corrected chi connectivity index (χ1v) is 6.20. The van der Waals surface area contributed by atoms with Gasteiger partial charge in [-0.25, -0.2) is 0 Å². The summed E-state index contributed by atoms with van der Waals surface area (Å²) in [5, 5.41) is 0. The molecule has 3 N–H and O–H groups in total. The average Bonchev–Trinajstić information content (AvgIpc) is 2.20. The van der Waals surface area contributed by atoms with E-state index in [1.807, 2.05) is 0 Å². The highest BCUT2D eigenvalue weighted by Gasteiger charge is 2.06. The smallest absolute Gasteiger partial charge is 0.198 e. The number of nitrogens with zero attached hydrogens (tertiary/aromatic N) is 2. The second-order valence-electron chi connectivity index (χ2n) is 3.99. The first-order chi connectivity index (χ1) is 7.33. The second kappa shape index (κ2) is 7.82. The highest BCUT2D eigenvalue weighted by atomic mass is 32.1. The maximum Gasteiger partial charge on any atom is 0.198 e. The van der Waals surface area contributed by atoms with Gasteiger partial charge in [-0.05, 0) is 25.9 Å². The predicted octanol–water partition coefficient (Wildman–Crippen LogP) is 1.00. The molecule has 0 aliphatic carbocycles. The van der Waals surface area contributed by atoms with Crippen molar-refractivity contribution in [2.75, 3.05) is 26.2 Å². The highest BCUT2D eigenvalue weighted by Crippen LogP contribution is 2.09. The van der Waals surface area contributed by atoms with Gasteiger partial charge in [0.05, 0.1) is 6.54 Å². The Morgan fingerprint density at radius 3 is 2.40 bits per heavy atom. The molecule has 4 nitrogen and oxygen atoms in total. The second-order valence-corrected chi connectivity index (χ2v) is 4.21. The Bertz CT molecular complexity index is 188. The van der Waals surface area contributed by atoms with Gasteiger partial charge < -0.3 is 15.4 Å². The number of thiol groups is 1. The van der Waals surface area contributed by atoms with Crippen molar-refractivity contribution >= 4 is 18.8 Å². The van der Waals surface area contributed by atoms with E-state index in [4.69, 9.17) is 5.73 Å². The predicted molar refractivity (Wildman–Crippen MR) is 68.1 cm³/mol. The Balaban J connectivity index is 2.17. The van der Waals surface area contributed by atoms with Crippen LogP contribution < -0.4 is 10.5 Å². The van der Waals surface area contributed by atoms with E-state index < -0.39 is 0 Å². The zero-order valence-electron chi connectivity index (χ0n) is 9.28. The molecule has 5 heteroatoms. The van der Waals surface area contributed by atoms with Crippen molar-refractivity contribution < 1.29 is 0 Å². The van der Waals surface area contributed by atoms with Crippen molar-refractivity contribution in [1.29, 1.82) is 0 Å². The van der Waals surface area contributed by atoms with Gasteiger partial charge in [0, 0.05) is 6.54 Å². The summed E-state index contributed by atoms with van der Waals surface area (Å²) >= 11 is 3.83. The monoisotopic (exact) mass is 230 g/mol. The van der Waals surface area contributed by atoms with Crippen LogP contribution in [0.4, 0.5) is 0 Å². The summed E-state index contributed by atoms with van der Waals surface area (Å²) < 4.78 is 2.53. The molecule has 88 valence electrons. The Morgan fingerprint density at radius 2 is 1.80 bits per heavy atom. The Kier molecular flexibility index (Phi) is 6.59. The highest BCUT2D eigenvalue weighted by molar-refractivity contribution is 7.78. The lowest BCUT2D eigenvalue weighted by atomic mass is 10.1. The van der Waals surface area contributed by atoms with Gasteiger partial charge in [0.25, 0.3) is 0 Å². The number of aliphatic imine (C=N–C) groups is 1. The number of likely N-dealkylation sites (tertiary alicyclic amines) is 1. The number of nitrogens with one attached hydrogen (secondary N) is 1. The maximum atomic E-state index is 5.49. The van der Waals surface area contributed by atoms with E-state index >= 15 is 0 Å². The zero-order valence-corrected chi connectivity index (χ0v) is 10.2. The van der Waals surface area contributed by atoms with Crippen LogP contribution in [0.1, 0.15) is 32.1 Å². The molecule has 15 heavy (non-hydrogen) atoms. The van der Waals surface area contributed by atoms with E-state index in [2.05, 4.69) is 27.4 Å². The van der Waals surface area contributed by atoms with Crippen molar-refractivity contribution in [3.05, 3.63) is 0 Å². The molecule has 0 aromatic carbocycles. The minimum atomic E-state index is 0.408. The zero-order chi connectivity index (χ0) is 10.9. The molecule has 0 saturated carbocycles. The lowest BCUT2D eigenvalue weighted by molar-refractivity contribution is 0.254. The van der Waals surface area contributed by atoms with Crippen LogP contribution in [0.3, 0.4) is 0 Å². The molecule has 0 aromatic heterocycles. The number of hydrogen-bond donors (Lipinski definition) is 3. The van der Waals surface area contributed by atoms with E-state index in [1.54, 1.807) is 0 Å². The van der Waals surface area contributed by atoms with Gasteiger partial charge in [0.2, 0.25) is 0 Å². The molecule has 1 aliphatic rings. The maximum absolute atomic E-state index is 5.49. The largest absolute Gasteiger partial charge is 0.369 e. The fourth-order valence-electron chi connectivity index (χ4n) is 1.88. The summed E-state index contributed by atoms with van der Waals surface area (Å²) in [5.41, 5.74) is 5.49. The summed E-state index contributed by atoms with van der Waals surface area (Å²) in [6, 6.07) is 0. The average molecular weight is 230 g/mol. The van der Waals surface area contributed by atoms with Crippen molar-refractivity contribution in [3.8, 4) is 0 Å². The van der Waals surface area contributed by atoms with Crippen LogP contribution >= 0.6 is 12.8 Å². The number of hydrogen-bond acceptors (Lipinski definition) is 3. The molecule has 0 bridgehead atoms. The third-order valence-electron chi connectivity index (χ3n) is 2.76. The Hall–Kier alpha value is -0.420. The molecule has 1 rings (SSSR count). The first kappa shape index (κ1) is 12.6. The summed E-state index contributed by atoms with van der Waals surface area (Å²) in [5.74, 6) is 0.408. The van der Waals surface area contributed by atoms with Crippen LogP contribution in [0.2, 0.25) is 0 Å². The first-order valence-electron chi connectivity index (χ1n) is 5.75. The molecule has 0 amide bonds. The lowest BCUT2D eigenvalue weighted by Crippen LogP contribution is -2.31. The Morgan fingerprint density at radius 1 is 1.20 bits per heavy atom. The standard InChI is InChI=1S/C10H22N4S/c11-10(13-15)12-6-9-14-7-4-2-1-3-5-8-14/h15H,1-9H2,(H3,11,12,13). The lowest BCUT2D eigenvalue weighted by Gasteiger charge is -2.23. The van der Waals surface area contributed by atoms with Crippen LogP contribution in [0.25, 0.3) is 0 Å². The van der Waals surface area contributed by atoms with Crippen molar-refractivity contribution in [3.63, 3.8) is 0 Å². The summed E-state index contributed by atoms with van der Waals surface area (Å²) in [7, 11) is 0. The summed E-state index contributed by atoms with van der Waals surface area (Å²) in [4.78, 5) is 6.64. The van der Waals surface area contributed by atoms with Gasteiger partial charge in [0.15, 0.2) is 5.96 Å². The van der Waals surface area contributed by atoms with Crippen LogP contribution in [-0.4, -0.2) is 37.0 Å². The fourth-order valence-corrected chi connectivity index (χ4v) is 1.95.